The molecule has 0 radical (unpaired) electrons. The number of hydrogen-bond donors (Lipinski definition) is 1. The predicted octanol–water partition coefficient (Wildman–Crippen LogP) is 4.05. The second kappa shape index (κ2) is 5.61. The van der Waals surface area contributed by atoms with Gasteiger partial charge in [-0.1, -0.05) is 41.7 Å². The van der Waals surface area contributed by atoms with Crippen molar-refractivity contribution >= 4 is 11.6 Å². The highest BCUT2D eigenvalue weighted by molar-refractivity contribution is 6.30. The number of aliphatic hydroxyl groups is 1. The van der Waals surface area contributed by atoms with Crippen LogP contribution in [-0.4, -0.2) is 5.11 Å². The van der Waals surface area contributed by atoms with Gasteiger partial charge in [0.1, 0.15) is 5.60 Å². The van der Waals surface area contributed by atoms with E-state index in [1.54, 1.807) is 19.1 Å². The average molecular weight is 261 g/mol. The van der Waals surface area contributed by atoms with Gasteiger partial charge in [0.15, 0.2) is 0 Å². The Morgan fingerprint density at radius 1 is 1.22 bits per heavy atom. The third-order valence-corrected chi connectivity index (χ3v) is 3.42. The van der Waals surface area contributed by atoms with E-state index in [2.05, 4.69) is 17.9 Å². The molecule has 0 amide bonds. The predicted molar refractivity (Wildman–Crippen MR) is 75.3 cm³/mol. The van der Waals surface area contributed by atoms with E-state index in [9.17, 15) is 5.11 Å². The summed E-state index contributed by atoms with van der Waals surface area (Å²) >= 11 is 5.83. The SMILES string of the molecule is CC(O)(C#CC1=CCCCC1)c1ccc(Cl)cc1. The van der Waals surface area contributed by atoms with Crippen molar-refractivity contribution < 1.29 is 5.11 Å². The molecular weight excluding hydrogens is 244 g/mol. The molecule has 1 aromatic carbocycles. The molecule has 0 saturated heterocycles. The smallest absolute Gasteiger partial charge is 0.148 e. The van der Waals surface area contributed by atoms with Crippen molar-refractivity contribution in [3.63, 3.8) is 0 Å². The minimum atomic E-state index is -1.12. The molecule has 0 heterocycles. The summed E-state index contributed by atoms with van der Waals surface area (Å²) in [6.45, 7) is 1.71. The zero-order chi connectivity index (χ0) is 13.0. The molecule has 1 N–H and O–H groups in total. The van der Waals surface area contributed by atoms with Gasteiger partial charge >= 0.3 is 0 Å². The lowest BCUT2D eigenvalue weighted by atomic mass is 9.94. The van der Waals surface area contributed by atoms with Crippen LogP contribution in [0.2, 0.25) is 5.02 Å². The highest BCUT2D eigenvalue weighted by Crippen LogP contribution is 2.22. The second-order valence-electron chi connectivity index (χ2n) is 4.80. The van der Waals surface area contributed by atoms with E-state index in [0.29, 0.717) is 5.02 Å². The van der Waals surface area contributed by atoms with Gasteiger partial charge in [-0.2, -0.15) is 0 Å². The van der Waals surface area contributed by atoms with Crippen molar-refractivity contribution in [1.29, 1.82) is 0 Å². The number of rotatable bonds is 1. The van der Waals surface area contributed by atoms with Crippen LogP contribution < -0.4 is 0 Å². The molecule has 2 heteroatoms. The Labute approximate surface area is 113 Å². The lowest BCUT2D eigenvalue weighted by Crippen LogP contribution is -2.18. The molecule has 1 aliphatic rings. The topological polar surface area (TPSA) is 20.2 Å². The van der Waals surface area contributed by atoms with Gasteiger partial charge in [-0.3, -0.25) is 0 Å². The molecule has 0 fully saturated rings. The van der Waals surface area contributed by atoms with Crippen LogP contribution in [0.4, 0.5) is 0 Å². The fraction of sp³-hybridized carbons (Fsp3) is 0.375. The van der Waals surface area contributed by atoms with Gasteiger partial charge < -0.3 is 5.11 Å². The average Bonchev–Trinajstić information content (AvgIpc) is 2.38. The van der Waals surface area contributed by atoms with E-state index in [-0.39, 0.29) is 0 Å². The van der Waals surface area contributed by atoms with Gasteiger partial charge in [0.05, 0.1) is 0 Å². The van der Waals surface area contributed by atoms with E-state index in [4.69, 9.17) is 11.6 Å². The van der Waals surface area contributed by atoms with Gasteiger partial charge in [-0.25, -0.2) is 0 Å². The van der Waals surface area contributed by atoms with Crippen molar-refractivity contribution in [1.82, 2.24) is 0 Å². The zero-order valence-corrected chi connectivity index (χ0v) is 11.3. The number of benzene rings is 1. The standard InChI is InChI=1S/C16H17ClO/c1-16(18,14-7-9-15(17)10-8-14)12-11-13-5-3-2-4-6-13/h5,7-10,18H,2-4,6H2,1H3. The van der Waals surface area contributed by atoms with E-state index in [1.165, 1.54) is 12.8 Å². The Bertz CT molecular complexity index is 500. The van der Waals surface area contributed by atoms with Crippen molar-refractivity contribution in [2.75, 3.05) is 0 Å². The summed E-state index contributed by atoms with van der Waals surface area (Å²) in [6.07, 6.45) is 6.76. The van der Waals surface area contributed by atoms with Crippen LogP contribution >= 0.6 is 11.6 Å². The van der Waals surface area contributed by atoms with Gasteiger partial charge in [0.2, 0.25) is 0 Å². The summed E-state index contributed by atoms with van der Waals surface area (Å²) in [5.74, 6) is 6.06. The van der Waals surface area contributed by atoms with E-state index >= 15 is 0 Å². The molecule has 2 rings (SSSR count). The minimum Gasteiger partial charge on any atom is -0.374 e. The molecule has 0 aromatic heterocycles. The maximum atomic E-state index is 10.4. The van der Waals surface area contributed by atoms with Crippen molar-refractivity contribution in [2.24, 2.45) is 0 Å². The summed E-state index contributed by atoms with van der Waals surface area (Å²) in [4.78, 5) is 0. The van der Waals surface area contributed by atoms with E-state index < -0.39 is 5.60 Å². The highest BCUT2D eigenvalue weighted by atomic mass is 35.5. The van der Waals surface area contributed by atoms with Crippen molar-refractivity contribution in [3.05, 3.63) is 46.5 Å². The summed E-state index contributed by atoms with van der Waals surface area (Å²) in [6, 6.07) is 7.17. The van der Waals surface area contributed by atoms with Crippen molar-refractivity contribution in [3.8, 4) is 11.8 Å². The molecule has 0 aliphatic heterocycles. The highest BCUT2D eigenvalue weighted by Gasteiger charge is 2.19. The Kier molecular flexibility index (Phi) is 4.11. The fourth-order valence-corrected chi connectivity index (χ4v) is 2.13. The first kappa shape index (κ1) is 13.2. The molecule has 0 saturated carbocycles. The normalized spacial score (nSPS) is 18.3. The molecule has 1 nitrogen and oxygen atoms in total. The van der Waals surface area contributed by atoms with Gasteiger partial charge in [-0.15, -0.1) is 0 Å². The summed E-state index contributed by atoms with van der Waals surface area (Å²) in [5, 5.41) is 11.0. The molecule has 1 unspecified atom stereocenters. The molecule has 1 aromatic rings. The quantitative estimate of drug-likeness (QED) is 0.756. The van der Waals surface area contributed by atoms with Crippen LogP contribution in [0.15, 0.2) is 35.9 Å². The van der Waals surface area contributed by atoms with Gasteiger partial charge in [0.25, 0.3) is 0 Å². The Balaban J connectivity index is 2.18. The third kappa shape index (κ3) is 3.38. The van der Waals surface area contributed by atoms with Crippen LogP contribution in [0.3, 0.4) is 0 Å². The fourth-order valence-electron chi connectivity index (χ4n) is 2.00. The maximum Gasteiger partial charge on any atom is 0.148 e. The molecule has 1 atom stereocenters. The Morgan fingerprint density at radius 2 is 1.94 bits per heavy atom. The van der Waals surface area contributed by atoms with E-state index in [1.807, 2.05) is 12.1 Å². The van der Waals surface area contributed by atoms with Crippen molar-refractivity contribution in [2.45, 2.75) is 38.2 Å². The molecule has 1 aliphatic carbocycles. The van der Waals surface area contributed by atoms with E-state index in [0.717, 1.165) is 24.0 Å². The molecular formula is C16H17ClO. The number of halogens is 1. The van der Waals surface area contributed by atoms with Crippen LogP contribution in [0, 0.1) is 11.8 Å². The van der Waals surface area contributed by atoms with Gasteiger partial charge in [-0.05, 0) is 55.9 Å². The molecule has 0 bridgehead atoms. The molecule has 18 heavy (non-hydrogen) atoms. The van der Waals surface area contributed by atoms with Crippen LogP contribution in [-0.2, 0) is 5.60 Å². The first-order valence-corrected chi connectivity index (χ1v) is 6.66. The minimum absolute atomic E-state index is 0.664. The number of allylic oxidation sites excluding steroid dienone is 2. The Morgan fingerprint density at radius 3 is 2.56 bits per heavy atom. The third-order valence-electron chi connectivity index (χ3n) is 3.16. The maximum absolute atomic E-state index is 10.4. The van der Waals surface area contributed by atoms with Crippen LogP contribution in [0.5, 0.6) is 0 Å². The second-order valence-corrected chi connectivity index (χ2v) is 5.24. The van der Waals surface area contributed by atoms with Gasteiger partial charge in [0, 0.05) is 5.02 Å². The monoisotopic (exact) mass is 260 g/mol. The van der Waals surface area contributed by atoms with Crippen LogP contribution in [0.1, 0.15) is 38.2 Å². The lowest BCUT2D eigenvalue weighted by molar-refractivity contribution is 0.122. The van der Waals surface area contributed by atoms with Crippen LogP contribution in [0.25, 0.3) is 0 Å². The largest absolute Gasteiger partial charge is 0.374 e. The first-order chi connectivity index (χ1) is 8.58. The molecule has 0 spiro atoms. The Hall–Kier alpha value is -1.23. The molecule has 94 valence electrons. The number of hydrogen-bond acceptors (Lipinski definition) is 1. The summed E-state index contributed by atoms with van der Waals surface area (Å²) < 4.78 is 0. The zero-order valence-electron chi connectivity index (χ0n) is 10.5. The first-order valence-electron chi connectivity index (χ1n) is 6.28. The lowest BCUT2D eigenvalue weighted by Gasteiger charge is -2.17. The summed E-state index contributed by atoms with van der Waals surface area (Å²) in [7, 11) is 0. The summed E-state index contributed by atoms with van der Waals surface area (Å²) in [5.41, 5.74) is 0.800.